The molecule has 0 aliphatic carbocycles. The molecule has 0 aromatic carbocycles. The summed E-state index contributed by atoms with van der Waals surface area (Å²) in [4.78, 5) is 15.8. The molecule has 0 aliphatic heterocycles. The van der Waals surface area contributed by atoms with Gasteiger partial charge in [-0.15, -0.1) is 11.6 Å². The van der Waals surface area contributed by atoms with E-state index in [1.54, 1.807) is 18.3 Å². The molecule has 94 valence electrons. The molecule has 1 rings (SSSR count). The smallest absolute Gasteiger partial charge is 0.269 e. The van der Waals surface area contributed by atoms with E-state index in [1.807, 2.05) is 0 Å². The average molecular weight is 320 g/mol. The van der Waals surface area contributed by atoms with E-state index >= 15 is 0 Å². The van der Waals surface area contributed by atoms with E-state index in [9.17, 15) is 4.79 Å². The molecule has 0 atom stereocenters. The molecule has 0 radical (unpaired) electrons. The van der Waals surface area contributed by atoms with Crippen molar-refractivity contribution in [1.29, 1.82) is 0 Å². The van der Waals surface area contributed by atoms with Gasteiger partial charge in [-0.25, -0.2) is 4.98 Å². The zero-order valence-corrected chi connectivity index (χ0v) is 12.3. The molecular formula is C12H16BrClN2O. The van der Waals surface area contributed by atoms with E-state index in [1.165, 1.54) is 0 Å². The fourth-order valence-electron chi connectivity index (χ4n) is 1.26. The summed E-state index contributed by atoms with van der Waals surface area (Å²) in [5.41, 5.74) is 0.433. The van der Waals surface area contributed by atoms with Crippen molar-refractivity contribution in [1.82, 2.24) is 10.3 Å². The molecule has 0 spiro atoms. The van der Waals surface area contributed by atoms with Crippen LogP contribution in [0, 0.1) is 5.41 Å². The second kappa shape index (κ2) is 6.36. The van der Waals surface area contributed by atoms with Crippen molar-refractivity contribution in [2.24, 2.45) is 5.41 Å². The van der Waals surface area contributed by atoms with Gasteiger partial charge in [0.1, 0.15) is 5.69 Å². The second-order valence-electron chi connectivity index (χ2n) is 4.65. The number of hydrogen-bond acceptors (Lipinski definition) is 2. The summed E-state index contributed by atoms with van der Waals surface area (Å²) >= 11 is 8.98. The molecule has 1 aromatic rings. The molecule has 1 N–H and O–H groups in total. The first-order chi connectivity index (χ1) is 7.94. The van der Waals surface area contributed by atoms with Gasteiger partial charge in [0.15, 0.2) is 0 Å². The van der Waals surface area contributed by atoms with Gasteiger partial charge in [-0.05, 0) is 39.9 Å². The summed E-state index contributed by atoms with van der Waals surface area (Å²) in [6.45, 7) is 4.74. The van der Waals surface area contributed by atoms with E-state index in [4.69, 9.17) is 11.6 Å². The van der Waals surface area contributed by atoms with Crippen molar-refractivity contribution in [2.75, 3.05) is 12.4 Å². The lowest BCUT2D eigenvalue weighted by atomic mass is 9.90. The van der Waals surface area contributed by atoms with Gasteiger partial charge in [0.05, 0.1) is 0 Å². The Labute approximate surface area is 115 Å². The first-order valence-electron chi connectivity index (χ1n) is 5.40. The Morgan fingerprint density at radius 2 is 2.24 bits per heavy atom. The predicted octanol–water partition coefficient (Wildman–Crippen LogP) is 3.23. The number of alkyl halides is 1. The number of amides is 1. The Kier molecular flexibility index (Phi) is 5.40. The second-order valence-corrected chi connectivity index (χ2v) is 5.94. The van der Waals surface area contributed by atoms with Gasteiger partial charge in [0, 0.05) is 23.1 Å². The third-order valence-electron chi connectivity index (χ3n) is 2.46. The predicted molar refractivity (Wildman–Crippen MR) is 73.4 cm³/mol. The normalized spacial score (nSPS) is 11.3. The van der Waals surface area contributed by atoms with Crippen molar-refractivity contribution in [3.63, 3.8) is 0 Å². The number of aromatic nitrogens is 1. The molecule has 0 saturated carbocycles. The number of hydrogen-bond donors (Lipinski definition) is 1. The largest absolute Gasteiger partial charge is 0.350 e. The topological polar surface area (TPSA) is 42.0 Å². The minimum Gasteiger partial charge on any atom is -0.350 e. The highest BCUT2D eigenvalue weighted by molar-refractivity contribution is 9.10. The van der Waals surface area contributed by atoms with E-state index in [0.29, 0.717) is 18.1 Å². The van der Waals surface area contributed by atoms with Crippen LogP contribution in [0.1, 0.15) is 30.8 Å². The number of nitrogens with one attached hydrogen (secondary N) is 1. The highest BCUT2D eigenvalue weighted by Crippen LogP contribution is 2.19. The molecule has 17 heavy (non-hydrogen) atoms. The van der Waals surface area contributed by atoms with Crippen LogP contribution in [0.4, 0.5) is 0 Å². The van der Waals surface area contributed by atoms with Crippen LogP contribution in [0.25, 0.3) is 0 Å². The van der Waals surface area contributed by atoms with Gasteiger partial charge >= 0.3 is 0 Å². The summed E-state index contributed by atoms with van der Waals surface area (Å²) in [6, 6.07) is 3.49. The number of pyridine rings is 1. The Bertz CT molecular complexity index is 379. The van der Waals surface area contributed by atoms with Crippen LogP contribution in [0.15, 0.2) is 22.8 Å². The number of nitrogens with zero attached hydrogens (tertiary/aromatic N) is 1. The molecule has 0 aliphatic rings. The van der Waals surface area contributed by atoms with Gasteiger partial charge < -0.3 is 5.32 Å². The molecular weight excluding hydrogens is 304 g/mol. The molecule has 0 unspecified atom stereocenters. The van der Waals surface area contributed by atoms with Crippen molar-refractivity contribution in [2.45, 2.75) is 20.3 Å². The maximum absolute atomic E-state index is 11.8. The molecule has 0 fully saturated rings. The van der Waals surface area contributed by atoms with Crippen molar-refractivity contribution in [3.05, 3.63) is 28.5 Å². The molecule has 3 nitrogen and oxygen atoms in total. The number of halogens is 2. The monoisotopic (exact) mass is 318 g/mol. The Hall–Kier alpha value is -0.610. The zero-order chi connectivity index (χ0) is 12.9. The van der Waals surface area contributed by atoms with Crippen LogP contribution in [0.3, 0.4) is 0 Å². The Balaban J connectivity index is 2.53. The maximum atomic E-state index is 11.8. The zero-order valence-electron chi connectivity index (χ0n) is 9.96. The van der Waals surface area contributed by atoms with Crippen LogP contribution in [-0.2, 0) is 0 Å². The van der Waals surface area contributed by atoms with Crippen LogP contribution < -0.4 is 5.32 Å². The Morgan fingerprint density at radius 3 is 2.76 bits per heavy atom. The van der Waals surface area contributed by atoms with E-state index in [2.05, 4.69) is 40.1 Å². The first-order valence-corrected chi connectivity index (χ1v) is 6.73. The number of carbonyl (C=O) groups is 1. The summed E-state index contributed by atoms with van der Waals surface area (Å²) in [7, 11) is 0. The first kappa shape index (κ1) is 14.5. The minimum atomic E-state index is -0.153. The van der Waals surface area contributed by atoms with Crippen LogP contribution >= 0.6 is 27.5 Å². The van der Waals surface area contributed by atoms with Crippen LogP contribution in [0.5, 0.6) is 0 Å². The van der Waals surface area contributed by atoms with Crippen LogP contribution in [-0.4, -0.2) is 23.3 Å². The summed E-state index contributed by atoms with van der Waals surface area (Å²) in [6.07, 6.45) is 2.47. The van der Waals surface area contributed by atoms with Gasteiger partial charge in [-0.1, -0.05) is 13.8 Å². The SMILES string of the molecule is CC(C)(CCCl)CNC(=O)c1ccc(Br)cn1. The molecule has 1 amide bonds. The summed E-state index contributed by atoms with van der Waals surface area (Å²) in [5.74, 6) is 0.444. The van der Waals surface area contributed by atoms with E-state index in [0.717, 1.165) is 10.9 Å². The third kappa shape index (κ3) is 5.04. The molecule has 5 heteroatoms. The minimum absolute atomic E-state index is 0.00672. The van der Waals surface area contributed by atoms with Gasteiger partial charge in [-0.3, -0.25) is 4.79 Å². The lowest BCUT2D eigenvalue weighted by molar-refractivity contribution is 0.0931. The number of carbonyl (C=O) groups excluding carboxylic acids is 1. The third-order valence-corrected chi connectivity index (χ3v) is 3.12. The fourth-order valence-corrected chi connectivity index (χ4v) is 2.01. The van der Waals surface area contributed by atoms with E-state index < -0.39 is 0 Å². The molecule has 0 saturated heterocycles. The molecule has 0 bridgehead atoms. The molecule has 1 heterocycles. The Morgan fingerprint density at radius 1 is 1.53 bits per heavy atom. The lowest BCUT2D eigenvalue weighted by Crippen LogP contribution is -2.34. The highest BCUT2D eigenvalue weighted by Gasteiger charge is 2.18. The van der Waals surface area contributed by atoms with Crippen molar-refractivity contribution < 1.29 is 4.79 Å². The van der Waals surface area contributed by atoms with Crippen LogP contribution in [0.2, 0.25) is 0 Å². The summed E-state index contributed by atoms with van der Waals surface area (Å²) in [5, 5.41) is 2.87. The molecule has 1 aromatic heterocycles. The van der Waals surface area contributed by atoms with Gasteiger partial charge in [0.25, 0.3) is 5.91 Å². The van der Waals surface area contributed by atoms with Gasteiger partial charge in [0.2, 0.25) is 0 Å². The van der Waals surface area contributed by atoms with Crippen molar-refractivity contribution >= 4 is 33.4 Å². The van der Waals surface area contributed by atoms with E-state index in [-0.39, 0.29) is 11.3 Å². The number of rotatable bonds is 5. The quantitative estimate of drug-likeness (QED) is 0.847. The van der Waals surface area contributed by atoms with Crippen molar-refractivity contribution in [3.8, 4) is 0 Å². The summed E-state index contributed by atoms with van der Waals surface area (Å²) < 4.78 is 0.858. The highest BCUT2D eigenvalue weighted by atomic mass is 79.9. The lowest BCUT2D eigenvalue weighted by Gasteiger charge is -2.23. The average Bonchev–Trinajstić information content (AvgIpc) is 2.27. The standard InChI is InChI=1S/C12H16BrClN2O/c1-12(2,5-6-14)8-16-11(17)10-4-3-9(13)7-15-10/h3-4,7H,5-6,8H2,1-2H3,(H,16,17). The fraction of sp³-hybridized carbons (Fsp3) is 0.500. The van der Waals surface area contributed by atoms with Gasteiger partial charge in [-0.2, -0.15) is 0 Å². The maximum Gasteiger partial charge on any atom is 0.269 e.